The number of aliphatic hydroxyl groups excluding tert-OH is 1. The number of rotatable bonds is 8. The Morgan fingerprint density at radius 1 is 0.812 bits per heavy atom. The maximum Gasteiger partial charge on any atom is 0.144 e. The first-order chi connectivity index (χ1) is 15.6. The third-order valence-electron chi connectivity index (χ3n) is 6.38. The Morgan fingerprint density at radius 3 is 1.75 bits per heavy atom. The van der Waals surface area contributed by atoms with Crippen molar-refractivity contribution in [3.63, 3.8) is 0 Å². The average Bonchev–Trinajstić information content (AvgIpc) is 3.22. The molecule has 32 heavy (non-hydrogen) atoms. The molecule has 0 bridgehead atoms. The minimum absolute atomic E-state index is 0.0402. The van der Waals surface area contributed by atoms with E-state index in [9.17, 15) is 5.11 Å². The topological polar surface area (TPSA) is 51.2 Å². The molecule has 4 rings (SSSR count). The summed E-state index contributed by atoms with van der Waals surface area (Å²) in [6.07, 6.45) is 0.731. The highest BCUT2D eigenvalue weighted by molar-refractivity contribution is 5.49. The Bertz CT molecular complexity index is 941. The van der Waals surface area contributed by atoms with Gasteiger partial charge in [-0.1, -0.05) is 54.6 Å². The van der Waals surface area contributed by atoms with Crippen molar-refractivity contribution in [2.75, 3.05) is 34.4 Å². The molecule has 3 aromatic rings. The Kier molecular flexibility index (Phi) is 6.80. The molecule has 1 aliphatic heterocycles. The van der Waals surface area contributed by atoms with Crippen molar-refractivity contribution in [3.8, 4) is 11.5 Å². The van der Waals surface area contributed by atoms with Crippen LogP contribution in [0.25, 0.3) is 0 Å². The van der Waals surface area contributed by atoms with Gasteiger partial charge in [0, 0.05) is 12.6 Å². The number of likely N-dealkylation sites (tertiary alicyclic amines) is 1. The van der Waals surface area contributed by atoms with Crippen LogP contribution in [-0.2, 0) is 10.3 Å². The Balaban J connectivity index is 1.88. The first kappa shape index (κ1) is 22.3. The lowest BCUT2D eigenvalue weighted by Crippen LogP contribution is -2.37. The molecule has 1 heterocycles. The second-order valence-corrected chi connectivity index (χ2v) is 8.26. The number of benzene rings is 3. The van der Waals surface area contributed by atoms with Gasteiger partial charge in [-0.15, -0.1) is 0 Å². The monoisotopic (exact) mass is 433 g/mol. The van der Waals surface area contributed by atoms with Crippen LogP contribution in [0.2, 0.25) is 0 Å². The molecule has 2 atom stereocenters. The van der Waals surface area contributed by atoms with E-state index in [4.69, 9.17) is 14.2 Å². The van der Waals surface area contributed by atoms with E-state index in [-0.39, 0.29) is 18.8 Å². The fourth-order valence-electron chi connectivity index (χ4n) is 4.61. The first-order valence-electron chi connectivity index (χ1n) is 10.9. The van der Waals surface area contributed by atoms with E-state index >= 15 is 0 Å². The van der Waals surface area contributed by atoms with Gasteiger partial charge in [0.25, 0.3) is 0 Å². The molecule has 1 fully saturated rings. The van der Waals surface area contributed by atoms with Crippen LogP contribution < -0.4 is 9.47 Å². The minimum Gasteiger partial charge on any atom is -0.497 e. The van der Waals surface area contributed by atoms with Crippen molar-refractivity contribution in [2.45, 2.75) is 24.2 Å². The fourth-order valence-corrected chi connectivity index (χ4v) is 4.61. The molecular weight excluding hydrogens is 402 g/mol. The standard InChI is InChI=1S/C27H31NO4/c1-28-18-26(17-23(28)19-29)32-27(20-7-5-4-6-8-20,21-9-13-24(30-2)14-10-21)22-11-15-25(31-3)16-12-22/h4-16,23,26,29H,17-19H2,1-3H3. The third kappa shape index (κ3) is 4.24. The Morgan fingerprint density at radius 2 is 1.31 bits per heavy atom. The molecule has 2 unspecified atom stereocenters. The van der Waals surface area contributed by atoms with Crippen molar-refractivity contribution >= 4 is 0 Å². The number of likely N-dealkylation sites (N-methyl/N-ethyl adjacent to an activating group) is 1. The summed E-state index contributed by atoms with van der Waals surface area (Å²) >= 11 is 0. The summed E-state index contributed by atoms with van der Waals surface area (Å²) < 4.78 is 17.9. The molecule has 0 aromatic heterocycles. The van der Waals surface area contributed by atoms with Crippen LogP contribution in [-0.4, -0.2) is 56.6 Å². The van der Waals surface area contributed by atoms with Crippen LogP contribution >= 0.6 is 0 Å². The highest BCUT2D eigenvalue weighted by atomic mass is 16.5. The third-order valence-corrected chi connectivity index (χ3v) is 6.38. The lowest BCUT2D eigenvalue weighted by molar-refractivity contribution is -0.0413. The van der Waals surface area contributed by atoms with Gasteiger partial charge in [-0.05, 0) is 54.4 Å². The van der Waals surface area contributed by atoms with Crippen LogP contribution in [0.5, 0.6) is 11.5 Å². The van der Waals surface area contributed by atoms with Crippen molar-refractivity contribution in [2.24, 2.45) is 0 Å². The summed E-state index contributed by atoms with van der Waals surface area (Å²) in [6, 6.07) is 26.6. The number of hydrogen-bond acceptors (Lipinski definition) is 5. The van der Waals surface area contributed by atoms with E-state index in [2.05, 4.69) is 41.3 Å². The number of nitrogens with zero attached hydrogens (tertiary/aromatic N) is 1. The van der Waals surface area contributed by atoms with E-state index in [1.165, 1.54) is 0 Å². The second-order valence-electron chi connectivity index (χ2n) is 8.26. The number of methoxy groups -OCH3 is 2. The number of ether oxygens (including phenoxy) is 3. The highest BCUT2D eigenvalue weighted by Crippen LogP contribution is 2.43. The molecule has 1 saturated heterocycles. The summed E-state index contributed by atoms with van der Waals surface area (Å²) in [5.41, 5.74) is 2.26. The SMILES string of the molecule is COc1ccc(C(OC2CC(CO)N(C)C2)(c2ccccc2)c2ccc(OC)cc2)cc1. The van der Waals surface area contributed by atoms with E-state index in [1.54, 1.807) is 14.2 Å². The van der Waals surface area contributed by atoms with E-state index in [1.807, 2.05) is 49.5 Å². The predicted molar refractivity (Wildman–Crippen MR) is 125 cm³/mol. The second kappa shape index (κ2) is 9.74. The molecule has 0 spiro atoms. The fraction of sp³-hybridized carbons (Fsp3) is 0.333. The summed E-state index contributed by atoms with van der Waals surface area (Å²) in [5, 5.41) is 9.79. The zero-order valence-corrected chi connectivity index (χ0v) is 18.9. The summed E-state index contributed by atoms with van der Waals surface area (Å²) in [6.45, 7) is 0.881. The van der Waals surface area contributed by atoms with E-state index in [0.717, 1.165) is 41.2 Å². The van der Waals surface area contributed by atoms with Crippen LogP contribution in [0.1, 0.15) is 23.1 Å². The maximum absolute atomic E-state index is 9.79. The molecule has 3 aromatic carbocycles. The van der Waals surface area contributed by atoms with Gasteiger partial charge >= 0.3 is 0 Å². The molecule has 0 amide bonds. The molecule has 0 aliphatic carbocycles. The van der Waals surface area contributed by atoms with Crippen LogP contribution in [0.15, 0.2) is 78.9 Å². The summed E-state index contributed by atoms with van der Waals surface area (Å²) in [4.78, 5) is 2.17. The molecule has 1 N–H and O–H groups in total. The Hall–Kier alpha value is -2.86. The molecule has 1 aliphatic rings. The van der Waals surface area contributed by atoms with E-state index < -0.39 is 5.60 Å². The van der Waals surface area contributed by atoms with Gasteiger partial charge in [-0.3, -0.25) is 4.90 Å². The van der Waals surface area contributed by atoms with Crippen molar-refractivity contribution in [1.82, 2.24) is 4.90 Å². The van der Waals surface area contributed by atoms with Gasteiger partial charge in [0.05, 0.1) is 26.9 Å². The van der Waals surface area contributed by atoms with Gasteiger partial charge in [-0.2, -0.15) is 0 Å². The normalized spacial score (nSPS) is 19.1. The molecule has 0 saturated carbocycles. The Labute approximate surface area is 190 Å². The predicted octanol–water partition coefficient (Wildman–Crippen LogP) is 4.08. The summed E-state index contributed by atoms with van der Waals surface area (Å²) in [5.74, 6) is 1.60. The lowest BCUT2D eigenvalue weighted by Gasteiger charge is -2.38. The van der Waals surface area contributed by atoms with Gasteiger partial charge in [0.1, 0.15) is 17.1 Å². The number of aliphatic hydroxyl groups is 1. The maximum atomic E-state index is 9.79. The first-order valence-corrected chi connectivity index (χ1v) is 10.9. The molecule has 5 heteroatoms. The lowest BCUT2D eigenvalue weighted by atomic mass is 9.79. The zero-order valence-electron chi connectivity index (χ0n) is 18.9. The van der Waals surface area contributed by atoms with Crippen molar-refractivity contribution in [1.29, 1.82) is 0 Å². The molecular formula is C27H31NO4. The quantitative estimate of drug-likeness (QED) is 0.543. The molecule has 5 nitrogen and oxygen atoms in total. The van der Waals surface area contributed by atoms with E-state index in [0.29, 0.717) is 0 Å². The summed E-state index contributed by atoms with van der Waals surface area (Å²) in [7, 11) is 5.38. The van der Waals surface area contributed by atoms with Crippen LogP contribution in [0, 0.1) is 0 Å². The minimum atomic E-state index is -0.824. The van der Waals surface area contributed by atoms with Crippen LogP contribution in [0.4, 0.5) is 0 Å². The largest absolute Gasteiger partial charge is 0.497 e. The van der Waals surface area contributed by atoms with Crippen molar-refractivity contribution in [3.05, 3.63) is 95.6 Å². The molecule has 0 radical (unpaired) electrons. The smallest absolute Gasteiger partial charge is 0.144 e. The highest BCUT2D eigenvalue weighted by Gasteiger charge is 2.42. The van der Waals surface area contributed by atoms with Gasteiger partial charge < -0.3 is 19.3 Å². The zero-order chi connectivity index (χ0) is 22.6. The number of hydrogen-bond donors (Lipinski definition) is 1. The van der Waals surface area contributed by atoms with Gasteiger partial charge in [0.2, 0.25) is 0 Å². The van der Waals surface area contributed by atoms with Crippen molar-refractivity contribution < 1.29 is 19.3 Å². The molecule has 168 valence electrons. The van der Waals surface area contributed by atoms with Crippen LogP contribution in [0.3, 0.4) is 0 Å². The van der Waals surface area contributed by atoms with Gasteiger partial charge in [-0.25, -0.2) is 0 Å². The average molecular weight is 434 g/mol. The van der Waals surface area contributed by atoms with Gasteiger partial charge in [0.15, 0.2) is 0 Å².